The van der Waals surface area contributed by atoms with E-state index in [-0.39, 0.29) is 11.9 Å². The Kier molecular flexibility index (Phi) is 6.72. The Morgan fingerprint density at radius 3 is 2.56 bits per heavy atom. The Labute approximate surface area is 115 Å². The molecule has 0 saturated heterocycles. The quantitative estimate of drug-likeness (QED) is 0.715. The highest BCUT2D eigenvalue weighted by atomic mass is 32.2. The molecule has 1 aromatic carbocycles. The number of benzene rings is 1. The first-order valence-electron chi connectivity index (χ1n) is 6.77. The van der Waals surface area contributed by atoms with Crippen LogP contribution in [0.15, 0.2) is 23.1 Å². The summed E-state index contributed by atoms with van der Waals surface area (Å²) in [6, 6.07) is 5.81. The molecule has 18 heavy (non-hydrogen) atoms. The summed E-state index contributed by atoms with van der Waals surface area (Å²) in [7, 11) is 0. The van der Waals surface area contributed by atoms with Crippen LogP contribution in [-0.2, 0) is 0 Å². The molecular weight excluding hydrogens is 245 g/mol. The minimum Gasteiger partial charge on any atom is -0.310 e. The summed E-state index contributed by atoms with van der Waals surface area (Å²) >= 11 is 1.61. The Balaban J connectivity index is 2.72. The monoisotopic (exact) mass is 269 g/mol. The molecule has 1 rings (SSSR count). The van der Waals surface area contributed by atoms with Crippen LogP contribution in [0.1, 0.15) is 52.1 Å². The van der Waals surface area contributed by atoms with Gasteiger partial charge in [-0.25, -0.2) is 4.39 Å². The van der Waals surface area contributed by atoms with Crippen molar-refractivity contribution in [2.75, 3.05) is 6.54 Å². The highest BCUT2D eigenvalue weighted by Gasteiger charge is 2.10. The molecular formula is C15H24FNS. The lowest BCUT2D eigenvalue weighted by atomic mass is 10.1. The Bertz CT molecular complexity index is 368. The second kappa shape index (κ2) is 7.80. The lowest BCUT2D eigenvalue weighted by Crippen LogP contribution is -2.19. The van der Waals surface area contributed by atoms with Crippen molar-refractivity contribution in [1.82, 2.24) is 5.32 Å². The minimum atomic E-state index is -0.0945. The van der Waals surface area contributed by atoms with Crippen LogP contribution in [0.25, 0.3) is 0 Å². The van der Waals surface area contributed by atoms with Crippen LogP contribution in [-0.4, -0.2) is 11.8 Å². The van der Waals surface area contributed by atoms with Gasteiger partial charge in [0.1, 0.15) is 5.82 Å². The Morgan fingerprint density at radius 1 is 1.28 bits per heavy atom. The summed E-state index contributed by atoms with van der Waals surface area (Å²) < 4.78 is 14.0. The van der Waals surface area contributed by atoms with Gasteiger partial charge in [-0.15, -0.1) is 11.8 Å². The summed E-state index contributed by atoms with van der Waals surface area (Å²) in [6.45, 7) is 9.42. The van der Waals surface area contributed by atoms with E-state index in [0.29, 0.717) is 5.25 Å². The molecule has 0 saturated carbocycles. The van der Waals surface area contributed by atoms with E-state index in [0.717, 1.165) is 29.8 Å². The van der Waals surface area contributed by atoms with Crippen molar-refractivity contribution in [2.45, 2.75) is 56.7 Å². The topological polar surface area (TPSA) is 12.0 Å². The van der Waals surface area contributed by atoms with Crippen molar-refractivity contribution in [2.24, 2.45) is 0 Å². The molecule has 0 radical (unpaired) electrons. The molecule has 1 nitrogen and oxygen atoms in total. The maximum absolute atomic E-state index is 14.0. The highest BCUT2D eigenvalue weighted by molar-refractivity contribution is 7.99. The van der Waals surface area contributed by atoms with Gasteiger partial charge in [0, 0.05) is 16.2 Å². The molecule has 102 valence electrons. The third kappa shape index (κ3) is 4.62. The van der Waals surface area contributed by atoms with Crippen molar-refractivity contribution in [3.8, 4) is 0 Å². The van der Waals surface area contributed by atoms with Crippen molar-refractivity contribution in [3.05, 3.63) is 29.6 Å². The van der Waals surface area contributed by atoms with Crippen LogP contribution in [0.2, 0.25) is 0 Å². The fraction of sp³-hybridized carbons (Fsp3) is 0.600. The largest absolute Gasteiger partial charge is 0.310 e. The summed E-state index contributed by atoms with van der Waals surface area (Å²) in [5.41, 5.74) is 1.02. The summed E-state index contributed by atoms with van der Waals surface area (Å²) in [6.07, 6.45) is 2.15. The number of hydrogen-bond acceptors (Lipinski definition) is 2. The second-order valence-electron chi connectivity index (χ2n) is 4.70. The molecule has 3 heteroatoms. The minimum absolute atomic E-state index is 0.0945. The van der Waals surface area contributed by atoms with Gasteiger partial charge >= 0.3 is 0 Å². The van der Waals surface area contributed by atoms with Crippen LogP contribution in [0, 0.1) is 5.82 Å². The van der Waals surface area contributed by atoms with Gasteiger partial charge in [-0.3, -0.25) is 0 Å². The van der Waals surface area contributed by atoms with Crippen molar-refractivity contribution in [1.29, 1.82) is 0 Å². The van der Waals surface area contributed by atoms with Crippen LogP contribution in [0.4, 0.5) is 4.39 Å². The molecule has 0 aromatic heterocycles. The average molecular weight is 269 g/mol. The molecule has 1 N–H and O–H groups in total. The van der Waals surface area contributed by atoms with E-state index in [2.05, 4.69) is 33.0 Å². The van der Waals surface area contributed by atoms with Gasteiger partial charge < -0.3 is 5.32 Å². The maximum Gasteiger partial charge on any atom is 0.137 e. The molecule has 0 heterocycles. The molecule has 0 fully saturated rings. The SMILES string of the molecule is CCCNC(C)c1ccc(SC(C)CC)c(F)c1. The summed E-state index contributed by atoms with van der Waals surface area (Å²) in [4.78, 5) is 0.760. The number of nitrogens with one attached hydrogen (secondary N) is 1. The van der Waals surface area contributed by atoms with Crippen LogP contribution >= 0.6 is 11.8 Å². The van der Waals surface area contributed by atoms with Gasteiger partial charge in [-0.05, 0) is 44.0 Å². The fourth-order valence-electron chi connectivity index (χ4n) is 1.66. The highest BCUT2D eigenvalue weighted by Crippen LogP contribution is 2.29. The third-order valence-corrected chi connectivity index (χ3v) is 4.38. The van der Waals surface area contributed by atoms with Gasteiger partial charge in [-0.1, -0.05) is 26.8 Å². The van der Waals surface area contributed by atoms with E-state index in [9.17, 15) is 4.39 Å². The van der Waals surface area contributed by atoms with Crippen molar-refractivity contribution >= 4 is 11.8 Å². The first-order chi connectivity index (χ1) is 8.58. The first kappa shape index (κ1) is 15.5. The van der Waals surface area contributed by atoms with E-state index in [1.807, 2.05) is 12.1 Å². The molecule has 0 aliphatic heterocycles. The molecule has 0 bridgehead atoms. The van der Waals surface area contributed by atoms with Crippen molar-refractivity contribution in [3.63, 3.8) is 0 Å². The molecule has 0 spiro atoms. The van der Waals surface area contributed by atoms with Gasteiger partial charge in [0.05, 0.1) is 0 Å². The average Bonchev–Trinajstić information content (AvgIpc) is 2.38. The summed E-state index contributed by atoms with van der Waals surface area (Å²) in [5, 5.41) is 3.83. The molecule has 0 amide bonds. The number of halogens is 1. The van der Waals surface area contributed by atoms with E-state index >= 15 is 0 Å². The number of rotatable bonds is 7. The zero-order valence-corrected chi connectivity index (χ0v) is 12.6. The molecule has 0 aliphatic carbocycles. The smallest absolute Gasteiger partial charge is 0.137 e. The van der Waals surface area contributed by atoms with Gasteiger partial charge in [-0.2, -0.15) is 0 Å². The van der Waals surface area contributed by atoms with Gasteiger partial charge in [0.2, 0.25) is 0 Å². The molecule has 1 aromatic rings. The zero-order valence-electron chi connectivity index (χ0n) is 11.8. The summed E-state index contributed by atoms with van der Waals surface area (Å²) in [5.74, 6) is -0.0945. The van der Waals surface area contributed by atoms with Crippen LogP contribution < -0.4 is 5.32 Å². The Morgan fingerprint density at radius 2 is 2.00 bits per heavy atom. The standard InChI is InChI=1S/C15H24FNS/c1-5-9-17-12(4)13-7-8-15(14(16)10-13)18-11(3)6-2/h7-8,10-12,17H,5-6,9H2,1-4H3. The van der Waals surface area contributed by atoms with Crippen molar-refractivity contribution < 1.29 is 4.39 Å². The predicted molar refractivity (Wildman–Crippen MR) is 78.7 cm³/mol. The van der Waals surface area contributed by atoms with Gasteiger partial charge in [0.15, 0.2) is 0 Å². The van der Waals surface area contributed by atoms with Gasteiger partial charge in [0.25, 0.3) is 0 Å². The molecule has 2 atom stereocenters. The fourth-order valence-corrected chi connectivity index (χ4v) is 2.58. The van der Waals surface area contributed by atoms with E-state index in [4.69, 9.17) is 0 Å². The number of hydrogen-bond donors (Lipinski definition) is 1. The van der Waals surface area contributed by atoms with E-state index in [1.165, 1.54) is 0 Å². The van der Waals surface area contributed by atoms with Crippen LogP contribution in [0.5, 0.6) is 0 Å². The normalized spacial score (nSPS) is 14.5. The van der Waals surface area contributed by atoms with E-state index < -0.39 is 0 Å². The number of thioether (sulfide) groups is 1. The maximum atomic E-state index is 14.0. The predicted octanol–water partition coefficient (Wildman–Crippen LogP) is 4.78. The third-order valence-electron chi connectivity index (χ3n) is 3.06. The lowest BCUT2D eigenvalue weighted by Gasteiger charge is -2.15. The molecule has 2 unspecified atom stereocenters. The Hall–Kier alpha value is -0.540. The lowest BCUT2D eigenvalue weighted by molar-refractivity contribution is 0.556. The molecule has 0 aliphatic rings. The first-order valence-corrected chi connectivity index (χ1v) is 7.65. The zero-order chi connectivity index (χ0) is 13.5. The second-order valence-corrected chi connectivity index (χ2v) is 6.18. The van der Waals surface area contributed by atoms with Crippen LogP contribution in [0.3, 0.4) is 0 Å². The van der Waals surface area contributed by atoms with E-state index in [1.54, 1.807) is 17.8 Å².